The summed E-state index contributed by atoms with van der Waals surface area (Å²) >= 11 is 1.68. The molecule has 14 heavy (non-hydrogen) atoms. The van der Waals surface area contributed by atoms with Crippen LogP contribution in [0.25, 0.3) is 0 Å². The van der Waals surface area contributed by atoms with Gasteiger partial charge in [-0.1, -0.05) is 6.92 Å². The fourth-order valence-electron chi connectivity index (χ4n) is 1.62. The molecule has 4 heteroatoms. The SMILES string of the molecule is CCN(CCO)C(CN)c1ccsc1. The molecule has 0 amide bonds. The first kappa shape index (κ1) is 11.7. The molecule has 1 unspecified atom stereocenters. The molecule has 0 spiro atoms. The van der Waals surface area contributed by atoms with E-state index < -0.39 is 0 Å². The largest absolute Gasteiger partial charge is 0.395 e. The number of nitrogens with two attached hydrogens (primary N) is 1. The Kier molecular flexibility index (Phi) is 5.11. The highest BCUT2D eigenvalue weighted by molar-refractivity contribution is 7.07. The van der Waals surface area contributed by atoms with Gasteiger partial charge in [0.15, 0.2) is 0 Å². The Hall–Kier alpha value is -0.420. The van der Waals surface area contributed by atoms with Crippen molar-refractivity contribution < 1.29 is 5.11 Å². The van der Waals surface area contributed by atoms with Gasteiger partial charge in [0, 0.05) is 19.1 Å². The molecule has 0 radical (unpaired) electrons. The van der Waals surface area contributed by atoms with Gasteiger partial charge in [0.25, 0.3) is 0 Å². The molecule has 0 aliphatic heterocycles. The molecular formula is C10H18N2OS. The first-order valence-electron chi connectivity index (χ1n) is 4.90. The normalized spacial score (nSPS) is 13.4. The lowest BCUT2D eigenvalue weighted by Crippen LogP contribution is -2.35. The second-order valence-corrected chi connectivity index (χ2v) is 3.94. The molecule has 0 saturated carbocycles. The smallest absolute Gasteiger partial charge is 0.0558 e. The van der Waals surface area contributed by atoms with Crippen LogP contribution in [0.5, 0.6) is 0 Å². The third-order valence-electron chi connectivity index (χ3n) is 2.39. The van der Waals surface area contributed by atoms with E-state index in [1.807, 2.05) is 0 Å². The van der Waals surface area contributed by atoms with Gasteiger partial charge in [-0.25, -0.2) is 0 Å². The van der Waals surface area contributed by atoms with Crippen LogP contribution >= 0.6 is 11.3 Å². The Morgan fingerprint density at radius 2 is 2.43 bits per heavy atom. The molecule has 0 aliphatic rings. The van der Waals surface area contributed by atoms with Crippen molar-refractivity contribution in [2.45, 2.75) is 13.0 Å². The zero-order valence-corrected chi connectivity index (χ0v) is 9.33. The second kappa shape index (κ2) is 6.14. The Morgan fingerprint density at radius 1 is 1.64 bits per heavy atom. The third-order valence-corrected chi connectivity index (χ3v) is 3.09. The van der Waals surface area contributed by atoms with Crippen molar-refractivity contribution >= 4 is 11.3 Å². The fourth-order valence-corrected chi connectivity index (χ4v) is 2.33. The van der Waals surface area contributed by atoms with Crippen molar-refractivity contribution in [3.05, 3.63) is 22.4 Å². The van der Waals surface area contributed by atoms with Gasteiger partial charge in [0.2, 0.25) is 0 Å². The van der Waals surface area contributed by atoms with E-state index in [1.54, 1.807) is 11.3 Å². The molecule has 1 aromatic heterocycles. The monoisotopic (exact) mass is 214 g/mol. The van der Waals surface area contributed by atoms with Gasteiger partial charge in [0.05, 0.1) is 6.61 Å². The molecule has 1 aromatic rings. The van der Waals surface area contributed by atoms with Crippen LogP contribution in [0.4, 0.5) is 0 Å². The van der Waals surface area contributed by atoms with Crippen LogP contribution in [0.2, 0.25) is 0 Å². The van der Waals surface area contributed by atoms with Crippen molar-refractivity contribution in [2.24, 2.45) is 5.73 Å². The van der Waals surface area contributed by atoms with Crippen molar-refractivity contribution in [3.63, 3.8) is 0 Å². The predicted molar refractivity (Wildman–Crippen MR) is 60.4 cm³/mol. The van der Waals surface area contributed by atoms with E-state index in [2.05, 4.69) is 28.7 Å². The lowest BCUT2D eigenvalue weighted by molar-refractivity contribution is 0.160. The molecule has 80 valence electrons. The average Bonchev–Trinajstić information content (AvgIpc) is 2.71. The van der Waals surface area contributed by atoms with E-state index >= 15 is 0 Å². The van der Waals surface area contributed by atoms with Gasteiger partial charge in [-0.3, -0.25) is 4.90 Å². The lowest BCUT2D eigenvalue weighted by Gasteiger charge is -2.28. The van der Waals surface area contributed by atoms with E-state index in [-0.39, 0.29) is 12.6 Å². The molecule has 1 rings (SSSR count). The molecule has 0 aromatic carbocycles. The molecule has 1 atom stereocenters. The van der Waals surface area contributed by atoms with Crippen molar-refractivity contribution in [2.75, 3.05) is 26.2 Å². The maximum Gasteiger partial charge on any atom is 0.0558 e. The summed E-state index contributed by atoms with van der Waals surface area (Å²) in [4.78, 5) is 2.20. The highest BCUT2D eigenvalue weighted by Gasteiger charge is 2.16. The Labute approximate surface area is 89.2 Å². The van der Waals surface area contributed by atoms with Crippen LogP contribution in [0.15, 0.2) is 16.8 Å². The fraction of sp³-hybridized carbons (Fsp3) is 0.600. The van der Waals surface area contributed by atoms with Crippen LogP contribution in [0, 0.1) is 0 Å². The second-order valence-electron chi connectivity index (χ2n) is 3.16. The van der Waals surface area contributed by atoms with E-state index in [1.165, 1.54) is 5.56 Å². The predicted octanol–water partition coefficient (Wildman–Crippen LogP) is 1.06. The zero-order chi connectivity index (χ0) is 10.4. The summed E-state index contributed by atoms with van der Waals surface area (Å²) in [5.41, 5.74) is 7.01. The number of aliphatic hydroxyl groups is 1. The highest BCUT2D eigenvalue weighted by Crippen LogP contribution is 2.21. The minimum atomic E-state index is 0.189. The summed E-state index contributed by atoms with van der Waals surface area (Å²) in [5.74, 6) is 0. The number of hydrogen-bond donors (Lipinski definition) is 2. The minimum absolute atomic E-state index is 0.189. The maximum atomic E-state index is 8.93. The summed E-state index contributed by atoms with van der Waals surface area (Å²) in [5, 5.41) is 13.1. The van der Waals surface area contributed by atoms with Crippen LogP contribution in [0.1, 0.15) is 18.5 Å². The van der Waals surface area contributed by atoms with Crippen LogP contribution in [-0.4, -0.2) is 36.2 Å². The average molecular weight is 214 g/mol. The lowest BCUT2D eigenvalue weighted by atomic mass is 10.1. The molecule has 0 bridgehead atoms. The van der Waals surface area contributed by atoms with Crippen molar-refractivity contribution in [1.29, 1.82) is 0 Å². The Balaban J connectivity index is 2.68. The molecule has 0 saturated heterocycles. The summed E-state index contributed by atoms with van der Waals surface area (Å²) in [6, 6.07) is 2.35. The van der Waals surface area contributed by atoms with Crippen LogP contribution in [-0.2, 0) is 0 Å². The topological polar surface area (TPSA) is 49.5 Å². The molecule has 3 nitrogen and oxygen atoms in total. The van der Waals surface area contributed by atoms with Gasteiger partial charge in [-0.15, -0.1) is 0 Å². The maximum absolute atomic E-state index is 8.93. The van der Waals surface area contributed by atoms with Crippen molar-refractivity contribution in [3.8, 4) is 0 Å². The number of nitrogens with zero attached hydrogens (tertiary/aromatic N) is 1. The Morgan fingerprint density at radius 3 is 2.86 bits per heavy atom. The number of aliphatic hydroxyl groups excluding tert-OH is 1. The van der Waals surface area contributed by atoms with Gasteiger partial charge >= 0.3 is 0 Å². The molecule has 0 fully saturated rings. The quantitative estimate of drug-likeness (QED) is 0.744. The number of likely N-dealkylation sites (N-methyl/N-ethyl adjacent to an activating group) is 1. The van der Waals surface area contributed by atoms with E-state index in [4.69, 9.17) is 10.8 Å². The van der Waals surface area contributed by atoms with Gasteiger partial charge in [-0.05, 0) is 28.9 Å². The summed E-state index contributed by atoms with van der Waals surface area (Å²) < 4.78 is 0. The number of hydrogen-bond acceptors (Lipinski definition) is 4. The van der Waals surface area contributed by atoms with E-state index in [0.717, 1.165) is 6.54 Å². The first-order valence-corrected chi connectivity index (χ1v) is 5.84. The van der Waals surface area contributed by atoms with Gasteiger partial charge in [-0.2, -0.15) is 11.3 Å². The van der Waals surface area contributed by atoms with Crippen LogP contribution < -0.4 is 5.73 Å². The molecule has 1 heterocycles. The summed E-state index contributed by atoms with van der Waals surface area (Å²) in [7, 11) is 0. The number of rotatable bonds is 6. The highest BCUT2D eigenvalue weighted by atomic mass is 32.1. The van der Waals surface area contributed by atoms with E-state index in [0.29, 0.717) is 13.1 Å². The Bertz CT molecular complexity index is 238. The standard InChI is InChI=1S/C10H18N2OS/c1-2-12(4-5-13)10(7-11)9-3-6-14-8-9/h3,6,8,10,13H,2,4-5,7,11H2,1H3. The summed E-state index contributed by atoms with van der Waals surface area (Å²) in [6.07, 6.45) is 0. The minimum Gasteiger partial charge on any atom is -0.395 e. The van der Waals surface area contributed by atoms with Gasteiger partial charge in [0.1, 0.15) is 0 Å². The zero-order valence-electron chi connectivity index (χ0n) is 8.52. The third kappa shape index (κ3) is 2.78. The number of thiophene rings is 1. The molecular weight excluding hydrogens is 196 g/mol. The van der Waals surface area contributed by atoms with E-state index in [9.17, 15) is 0 Å². The molecule has 3 N–H and O–H groups in total. The first-order chi connectivity index (χ1) is 6.83. The van der Waals surface area contributed by atoms with Gasteiger partial charge < -0.3 is 10.8 Å². The van der Waals surface area contributed by atoms with Crippen molar-refractivity contribution in [1.82, 2.24) is 4.90 Å². The summed E-state index contributed by atoms with van der Waals surface area (Å²) in [6.45, 7) is 4.48. The molecule has 0 aliphatic carbocycles. The van der Waals surface area contributed by atoms with Crippen LogP contribution in [0.3, 0.4) is 0 Å².